The van der Waals surface area contributed by atoms with E-state index in [1.165, 1.54) is 31.2 Å². The van der Waals surface area contributed by atoms with Crippen LogP contribution in [0.25, 0.3) is 0 Å². The molecule has 96 valence electrons. The van der Waals surface area contributed by atoms with E-state index in [4.69, 9.17) is 0 Å². The highest BCUT2D eigenvalue weighted by atomic mass is 14.9. The van der Waals surface area contributed by atoms with E-state index in [-0.39, 0.29) is 0 Å². The van der Waals surface area contributed by atoms with Crippen LogP contribution in [0.4, 0.5) is 0 Å². The molecule has 0 amide bonds. The van der Waals surface area contributed by atoms with E-state index in [1.54, 1.807) is 0 Å². The molecule has 0 aliphatic carbocycles. The van der Waals surface area contributed by atoms with Crippen LogP contribution in [0.15, 0.2) is 30.3 Å². The maximum atomic E-state index is 3.68. The smallest absolute Gasteiger partial charge is 0.0322 e. The van der Waals surface area contributed by atoms with Crippen LogP contribution in [-0.2, 0) is 0 Å². The predicted molar refractivity (Wildman–Crippen MR) is 76.2 cm³/mol. The molecule has 0 saturated heterocycles. The molecule has 1 unspecified atom stereocenters. The van der Waals surface area contributed by atoms with E-state index in [9.17, 15) is 0 Å². The normalized spacial score (nSPS) is 12.9. The van der Waals surface area contributed by atoms with Gasteiger partial charge >= 0.3 is 0 Å². The maximum Gasteiger partial charge on any atom is 0.0322 e. The fourth-order valence-corrected chi connectivity index (χ4v) is 2.30. The zero-order valence-corrected chi connectivity index (χ0v) is 11.6. The molecule has 1 nitrogen and oxygen atoms in total. The topological polar surface area (TPSA) is 12.0 Å². The Morgan fingerprint density at radius 1 is 1.00 bits per heavy atom. The molecule has 1 aromatic rings. The Labute approximate surface area is 107 Å². The Balaban J connectivity index is 2.66. The number of hydrogen-bond donors (Lipinski definition) is 1. The minimum Gasteiger partial charge on any atom is -0.310 e. The van der Waals surface area contributed by atoms with E-state index in [0.29, 0.717) is 6.04 Å². The number of nitrogens with one attached hydrogen (secondary N) is 1. The Bertz CT molecular complexity index is 277. The van der Waals surface area contributed by atoms with Crippen molar-refractivity contribution in [3.05, 3.63) is 35.9 Å². The molecule has 0 aliphatic heterocycles. The lowest BCUT2D eigenvalue weighted by Gasteiger charge is -2.23. The molecule has 1 heteroatoms. The average molecular weight is 233 g/mol. The highest BCUT2D eigenvalue weighted by Crippen LogP contribution is 2.25. The first-order valence-electron chi connectivity index (χ1n) is 7.10. The summed E-state index contributed by atoms with van der Waals surface area (Å²) in [5, 5.41) is 3.68. The maximum absolute atomic E-state index is 3.68. The molecule has 0 bridgehead atoms. The van der Waals surface area contributed by atoms with Crippen molar-refractivity contribution in [1.82, 2.24) is 5.32 Å². The first kappa shape index (κ1) is 14.2. The van der Waals surface area contributed by atoms with Crippen LogP contribution < -0.4 is 5.32 Å². The quantitative estimate of drug-likeness (QED) is 0.694. The zero-order chi connectivity index (χ0) is 12.5. The van der Waals surface area contributed by atoms with Crippen molar-refractivity contribution < 1.29 is 0 Å². The Morgan fingerprint density at radius 3 is 2.18 bits per heavy atom. The third kappa shape index (κ3) is 4.91. The molecule has 1 aromatic carbocycles. The Morgan fingerprint density at radius 2 is 1.65 bits per heavy atom. The molecular formula is C16H27N. The average Bonchev–Trinajstić information content (AvgIpc) is 2.40. The zero-order valence-electron chi connectivity index (χ0n) is 11.6. The van der Waals surface area contributed by atoms with E-state index < -0.39 is 0 Å². The summed E-state index contributed by atoms with van der Waals surface area (Å²) in [6.07, 6.45) is 5.03. The van der Waals surface area contributed by atoms with Crippen molar-refractivity contribution in [1.29, 1.82) is 0 Å². The monoisotopic (exact) mass is 233 g/mol. The van der Waals surface area contributed by atoms with E-state index in [2.05, 4.69) is 56.4 Å². The lowest BCUT2D eigenvalue weighted by atomic mass is 9.91. The first-order chi connectivity index (χ1) is 8.31. The number of benzene rings is 1. The molecule has 1 rings (SSSR count). The van der Waals surface area contributed by atoms with Crippen LogP contribution in [0.5, 0.6) is 0 Å². The fraction of sp³-hybridized carbons (Fsp3) is 0.625. The standard InChI is InChI=1S/C16H27N/c1-4-12-17-16(13-14(5-2)6-3)15-10-8-7-9-11-15/h7-11,14,16-17H,4-6,12-13H2,1-3H3. The van der Waals surface area contributed by atoms with Crippen molar-refractivity contribution in [3.63, 3.8) is 0 Å². The van der Waals surface area contributed by atoms with Gasteiger partial charge in [-0.05, 0) is 30.9 Å². The van der Waals surface area contributed by atoms with E-state index >= 15 is 0 Å². The highest BCUT2D eigenvalue weighted by Gasteiger charge is 2.14. The van der Waals surface area contributed by atoms with E-state index in [1.807, 2.05) is 0 Å². The largest absolute Gasteiger partial charge is 0.310 e. The van der Waals surface area contributed by atoms with Crippen molar-refractivity contribution in [2.45, 2.75) is 52.5 Å². The molecule has 0 fully saturated rings. The summed E-state index contributed by atoms with van der Waals surface area (Å²) >= 11 is 0. The second-order valence-electron chi connectivity index (χ2n) is 4.84. The van der Waals surface area contributed by atoms with Gasteiger partial charge in [0.25, 0.3) is 0 Å². The molecule has 17 heavy (non-hydrogen) atoms. The molecular weight excluding hydrogens is 206 g/mol. The molecule has 1 N–H and O–H groups in total. The summed E-state index contributed by atoms with van der Waals surface area (Å²) in [5.41, 5.74) is 1.44. The van der Waals surface area contributed by atoms with Crippen LogP contribution in [0.1, 0.15) is 58.1 Å². The highest BCUT2D eigenvalue weighted by molar-refractivity contribution is 5.18. The van der Waals surface area contributed by atoms with Crippen molar-refractivity contribution in [2.75, 3.05) is 6.54 Å². The van der Waals surface area contributed by atoms with Crippen molar-refractivity contribution >= 4 is 0 Å². The first-order valence-corrected chi connectivity index (χ1v) is 7.10. The molecule has 0 aromatic heterocycles. The van der Waals surface area contributed by atoms with Gasteiger partial charge in [0, 0.05) is 6.04 Å². The lowest BCUT2D eigenvalue weighted by molar-refractivity contribution is 0.371. The summed E-state index contributed by atoms with van der Waals surface area (Å²) in [7, 11) is 0. The van der Waals surface area contributed by atoms with Gasteiger partial charge in [0.1, 0.15) is 0 Å². The lowest BCUT2D eigenvalue weighted by Crippen LogP contribution is -2.24. The van der Waals surface area contributed by atoms with Gasteiger partial charge in [-0.25, -0.2) is 0 Å². The van der Waals surface area contributed by atoms with Gasteiger partial charge in [-0.2, -0.15) is 0 Å². The van der Waals surface area contributed by atoms with E-state index in [0.717, 1.165) is 12.5 Å². The molecule has 0 aliphatic rings. The van der Waals surface area contributed by atoms with Gasteiger partial charge in [-0.15, -0.1) is 0 Å². The van der Waals surface area contributed by atoms with Crippen molar-refractivity contribution in [3.8, 4) is 0 Å². The summed E-state index contributed by atoms with van der Waals surface area (Å²) in [6.45, 7) is 7.94. The third-order valence-electron chi connectivity index (χ3n) is 3.57. The molecule has 0 spiro atoms. The van der Waals surface area contributed by atoms with Crippen LogP contribution in [0, 0.1) is 5.92 Å². The SMILES string of the molecule is CCCNC(CC(CC)CC)c1ccccc1. The van der Waals surface area contributed by atoms with Gasteiger partial charge in [0.2, 0.25) is 0 Å². The molecule has 1 atom stereocenters. The third-order valence-corrected chi connectivity index (χ3v) is 3.57. The second kappa shape index (κ2) is 8.30. The van der Waals surface area contributed by atoms with Crippen LogP contribution in [0.3, 0.4) is 0 Å². The number of hydrogen-bond acceptors (Lipinski definition) is 1. The predicted octanol–water partition coefficient (Wildman–Crippen LogP) is 4.55. The van der Waals surface area contributed by atoms with Gasteiger partial charge in [-0.1, -0.05) is 63.9 Å². The van der Waals surface area contributed by atoms with Gasteiger partial charge < -0.3 is 5.32 Å². The number of rotatable bonds is 8. The summed E-state index contributed by atoms with van der Waals surface area (Å²) in [6, 6.07) is 11.4. The summed E-state index contributed by atoms with van der Waals surface area (Å²) < 4.78 is 0. The minimum absolute atomic E-state index is 0.529. The van der Waals surface area contributed by atoms with Gasteiger partial charge in [-0.3, -0.25) is 0 Å². The fourth-order valence-electron chi connectivity index (χ4n) is 2.30. The molecule has 0 radical (unpaired) electrons. The Hall–Kier alpha value is -0.820. The van der Waals surface area contributed by atoms with Crippen molar-refractivity contribution in [2.24, 2.45) is 5.92 Å². The van der Waals surface area contributed by atoms with Crippen LogP contribution in [0.2, 0.25) is 0 Å². The molecule has 0 saturated carbocycles. The Kier molecular flexibility index (Phi) is 6.95. The second-order valence-corrected chi connectivity index (χ2v) is 4.84. The van der Waals surface area contributed by atoms with Crippen LogP contribution >= 0.6 is 0 Å². The van der Waals surface area contributed by atoms with Crippen LogP contribution in [-0.4, -0.2) is 6.54 Å². The minimum atomic E-state index is 0.529. The van der Waals surface area contributed by atoms with Gasteiger partial charge in [0.15, 0.2) is 0 Å². The summed E-state index contributed by atoms with van der Waals surface area (Å²) in [4.78, 5) is 0. The van der Waals surface area contributed by atoms with Gasteiger partial charge in [0.05, 0.1) is 0 Å². The molecule has 0 heterocycles. The summed E-state index contributed by atoms with van der Waals surface area (Å²) in [5.74, 6) is 0.838.